The SMILES string of the molecule is CCCc1ccc2c(c1)sc(=O)n2CCN1C[C@]2(C)CCC[C@]2(C)C1. The number of aryl methyl sites for hydroxylation is 1. The minimum atomic E-state index is 0.195. The van der Waals surface area contributed by atoms with Gasteiger partial charge in [-0.25, -0.2) is 0 Å². The van der Waals surface area contributed by atoms with E-state index in [1.54, 1.807) is 0 Å². The lowest BCUT2D eigenvalue weighted by Gasteiger charge is -2.32. The number of thiazole rings is 1. The summed E-state index contributed by atoms with van der Waals surface area (Å²) in [5.74, 6) is 0. The van der Waals surface area contributed by atoms with Crippen molar-refractivity contribution >= 4 is 21.6 Å². The van der Waals surface area contributed by atoms with Crippen LogP contribution in [0, 0.1) is 10.8 Å². The molecule has 4 rings (SSSR count). The minimum Gasteiger partial charge on any atom is -0.300 e. The second kappa shape index (κ2) is 6.24. The van der Waals surface area contributed by atoms with E-state index in [2.05, 4.69) is 43.9 Å². The Morgan fingerprint density at radius 1 is 1.12 bits per heavy atom. The molecule has 1 aliphatic carbocycles. The van der Waals surface area contributed by atoms with Crippen LogP contribution in [0.25, 0.3) is 10.2 Å². The monoisotopic (exact) mass is 358 g/mol. The van der Waals surface area contributed by atoms with Crippen LogP contribution in [0.5, 0.6) is 0 Å². The van der Waals surface area contributed by atoms with Gasteiger partial charge < -0.3 is 4.90 Å². The smallest absolute Gasteiger partial charge is 0.300 e. The summed E-state index contributed by atoms with van der Waals surface area (Å²) in [5.41, 5.74) is 3.41. The van der Waals surface area contributed by atoms with Crippen molar-refractivity contribution in [3.05, 3.63) is 33.4 Å². The average Bonchev–Trinajstić information content (AvgIpc) is 3.09. The Morgan fingerprint density at radius 3 is 2.52 bits per heavy atom. The summed E-state index contributed by atoms with van der Waals surface area (Å²) in [5, 5.41) is 0. The van der Waals surface area contributed by atoms with Gasteiger partial charge in [0.15, 0.2) is 0 Å². The third kappa shape index (κ3) is 2.87. The van der Waals surface area contributed by atoms with Gasteiger partial charge in [0, 0.05) is 26.2 Å². The molecule has 1 saturated heterocycles. The second-order valence-electron chi connectivity index (χ2n) is 8.76. The predicted octanol–water partition coefficient (Wildman–Crippen LogP) is 4.53. The minimum absolute atomic E-state index is 0.195. The Kier molecular flexibility index (Phi) is 4.32. The summed E-state index contributed by atoms with van der Waals surface area (Å²) in [4.78, 5) is 15.3. The molecule has 0 spiro atoms. The number of hydrogen-bond donors (Lipinski definition) is 0. The van der Waals surface area contributed by atoms with Gasteiger partial charge in [0.05, 0.1) is 10.2 Å². The molecule has 0 N–H and O–H groups in total. The topological polar surface area (TPSA) is 25.2 Å². The quantitative estimate of drug-likeness (QED) is 0.785. The highest BCUT2D eigenvalue weighted by atomic mass is 32.1. The molecule has 25 heavy (non-hydrogen) atoms. The van der Waals surface area contributed by atoms with Gasteiger partial charge in [-0.3, -0.25) is 9.36 Å². The molecule has 2 aliphatic rings. The molecule has 2 aromatic rings. The van der Waals surface area contributed by atoms with Crippen LogP contribution in [0.2, 0.25) is 0 Å². The highest BCUT2D eigenvalue weighted by Gasteiger charge is 2.54. The van der Waals surface area contributed by atoms with E-state index >= 15 is 0 Å². The summed E-state index contributed by atoms with van der Waals surface area (Å²) < 4.78 is 3.14. The number of benzene rings is 1. The van der Waals surface area contributed by atoms with E-state index in [1.807, 2.05) is 4.57 Å². The van der Waals surface area contributed by atoms with Gasteiger partial charge in [-0.2, -0.15) is 0 Å². The van der Waals surface area contributed by atoms with E-state index in [4.69, 9.17) is 0 Å². The largest absolute Gasteiger partial charge is 0.308 e. The number of likely N-dealkylation sites (tertiary alicyclic amines) is 1. The zero-order valence-corrected chi connectivity index (χ0v) is 16.6. The van der Waals surface area contributed by atoms with Gasteiger partial charge in [0.1, 0.15) is 0 Å². The molecule has 3 nitrogen and oxygen atoms in total. The van der Waals surface area contributed by atoms with Crippen molar-refractivity contribution in [2.24, 2.45) is 10.8 Å². The maximum Gasteiger partial charge on any atom is 0.308 e. The van der Waals surface area contributed by atoms with Crippen molar-refractivity contribution in [2.75, 3.05) is 19.6 Å². The fourth-order valence-corrected chi connectivity index (χ4v) is 6.20. The third-order valence-corrected chi connectivity index (χ3v) is 7.91. The Hall–Kier alpha value is -1.13. The van der Waals surface area contributed by atoms with E-state index in [0.717, 1.165) is 36.1 Å². The molecular weight excluding hydrogens is 328 g/mol. The molecule has 1 aliphatic heterocycles. The number of rotatable bonds is 5. The van der Waals surface area contributed by atoms with E-state index in [0.29, 0.717) is 10.8 Å². The van der Waals surface area contributed by atoms with Crippen LogP contribution in [0.3, 0.4) is 0 Å². The van der Waals surface area contributed by atoms with Crippen molar-refractivity contribution in [3.8, 4) is 0 Å². The summed E-state index contributed by atoms with van der Waals surface area (Å²) in [6, 6.07) is 6.56. The molecule has 2 atom stereocenters. The van der Waals surface area contributed by atoms with Gasteiger partial charge in [-0.1, -0.05) is 51.0 Å². The lowest BCUT2D eigenvalue weighted by atomic mass is 9.71. The standard InChI is InChI=1S/C21H30N2OS/c1-4-6-16-7-8-17-18(13-16)25-19(24)23(17)12-11-22-14-20(2)9-5-10-21(20,3)15-22/h7-8,13H,4-6,9-12,14-15H2,1-3H3/t20-,21+. The van der Waals surface area contributed by atoms with Gasteiger partial charge in [0.2, 0.25) is 0 Å². The first-order valence-corrected chi connectivity index (χ1v) is 10.6. The first kappa shape index (κ1) is 17.3. The van der Waals surface area contributed by atoms with E-state index < -0.39 is 0 Å². The van der Waals surface area contributed by atoms with Crippen LogP contribution >= 0.6 is 11.3 Å². The van der Waals surface area contributed by atoms with Crippen molar-refractivity contribution in [1.82, 2.24) is 9.47 Å². The number of nitrogens with zero attached hydrogens (tertiary/aromatic N) is 2. The maximum absolute atomic E-state index is 12.5. The van der Waals surface area contributed by atoms with E-state index in [1.165, 1.54) is 49.3 Å². The molecule has 2 heterocycles. The van der Waals surface area contributed by atoms with Crippen molar-refractivity contribution in [2.45, 2.75) is 59.4 Å². The van der Waals surface area contributed by atoms with Crippen molar-refractivity contribution in [1.29, 1.82) is 0 Å². The van der Waals surface area contributed by atoms with Crippen LogP contribution < -0.4 is 4.87 Å². The molecule has 136 valence electrons. The van der Waals surface area contributed by atoms with Crippen LogP contribution in [-0.4, -0.2) is 29.1 Å². The van der Waals surface area contributed by atoms with Crippen molar-refractivity contribution in [3.63, 3.8) is 0 Å². The lowest BCUT2D eigenvalue weighted by Crippen LogP contribution is -2.30. The molecule has 0 unspecified atom stereocenters. The molecular formula is C21H30N2OS. The highest BCUT2D eigenvalue weighted by Crippen LogP contribution is 2.57. The van der Waals surface area contributed by atoms with Crippen LogP contribution in [0.1, 0.15) is 52.0 Å². The number of aromatic nitrogens is 1. The van der Waals surface area contributed by atoms with Crippen LogP contribution in [0.15, 0.2) is 23.0 Å². The van der Waals surface area contributed by atoms with Gasteiger partial charge in [-0.15, -0.1) is 0 Å². The molecule has 1 saturated carbocycles. The zero-order chi connectivity index (χ0) is 17.7. The fraction of sp³-hybridized carbons (Fsp3) is 0.667. The van der Waals surface area contributed by atoms with Crippen LogP contribution in [0.4, 0.5) is 0 Å². The Labute approximate surface area is 154 Å². The summed E-state index contributed by atoms with van der Waals surface area (Å²) >= 11 is 1.41. The van der Waals surface area contributed by atoms with Gasteiger partial charge >= 0.3 is 4.87 Å². The molecule has 1 aromatic carbocycles. The number of hydrogen-bond acceptors (Lipinski definition) is 3. The maximum atomic E-state index is 12.5. The lowest BCUT2D eigenvalue weighted by molar-refractivity contribution is 0.184. The Balaban J connectivity index is 1.50. The average molecular weight is 359 g/mol. The van der Waals surface area contributed by atoms with E-state index in [9.17, 15) is 4.79 Å². The predicted molar refractivity (Wildman–Crippen MR) is 107 cm³/mol. The molecule has 0 radical (unpaired) electrons. The van der Waals surface area contributed by atoms with Crippen LogP contribution in [-0.2, 0) is 13.0 Å². The molecule has 2 fully saturated rings. The molecule has 0 amide bonds. The van der Waals surface area contributed by atoms with E-state index in [-0.39, 0.29) is 4.87 Å². The summed E-state index contributed by atoms with van der Waals surface area (Å²) in [6.07, 6.45) is 6.35. The molecule has 0 bridgehead atoms. The van der Waals surface area contributed by atoms with Gasteiger partial charge in [-0.05, 0) is 47.8 Å². The Morgan fingerprint density at radius 2 is 1.84 bits per heavy atom. The van der Waals surface area contributed by atoms with Crippen molar-refractivity contribution < 1.29 is 0 Å². The molecule has 4 heteroatoms. The first-order chi connectivity index (χ1) is 11.9. The number of fused-ring (bicyclic) bond motifs is 2. The van der Waals surface area contributed by atoms with Gasteiger partial charge in [0.25, 0.3) is 0 Å². The third-order valence-electron chi connectivity index (χ3n) is 6.97. The molecule has 1 aromatic heterocycles. The normalized spacial score (nSPS) is 29.6. The summed E-state index contributed by atoms with van der Waals surface area (Å²) in [6.45, 7) is 11.3. The Bertz CT molecular complexity index is 820. The summed E-state index contributed by atoms with van der Waals surface area (Å²) in [7, 11) is 0. The second-order valence-corrected chi connectivity index (χ2v) is 9.75. The first-order valence-electron chi connectivity index (χ1n) is 9.79. The zero-order valence-electron chi connectivity index (χ0n) is 15.8. The fourth-order valence-electron chi connectivity index (χ4n) is 5.22. The highest BCUT2D eigenvalue weighted by molar-refractivity contribution is 7.16.